The maximum Gasteiger partial charge on any atom is 0.263 e. The molecule has 2 aromatic rings. The van der Waals surface area contributed by atoms with E-state index in [1.54, 1.807) is 12.1 Å². The first-order valence-corrected chi connectivity index (χ1v) is 11.8. The van der Waals surface area contributed by atoms with Crippen molar-refractivity contribution < 1.29 is 22.7 Å². The number of fused-ring (bicyclic) bond motifs is 1. The number of hydrogen-bond donors (Lipinski definition) is 1. The highest BCUT2D eigenvalue weighted by Gasteiger charge is 2.35. The first-order chi connectivity index (χ1) is 14.2. The summed E-state index contributed by atoms with van der Waals surface area (Å²) >= 11 is 5.99. The van der Waals surface area contributed by atoms with E-state index in [2.05, 4.69) is 19.2 Å². The van der Waals surface area contributed by atoms with Gasteiger partial charge in [0.2, 0.25) is 10.0 Å². The Hall–Kier alpha value is -2.45. The van der Waals surface area contributed by atoms with Crippen LogP contribution >= 0.6 is 11.6 Å². The summed E-state index contributed by atoms with van der Waals surface area (Å²) in [6.45, 7) is 4.59. The maximum absolute atomic E-state index is 12.6. The molecule has 0 aliphatic carbocycles. The summed E-state index contributed by atoms with van der Waals surface area (Å²) in [6, 6.07) is 12.4. The molecule has 0 radical (unpaired) electrons. The minimum atomic E-state index is -3.61. The smallest absolute Gasteiger partial charge is 0.263 e. The second-order valence-electron chi connectivity index (χ2n) is 7.34. The van der Waals surface area contributed by atoms with E-state index >= 15 is 0 Å². The molecule has 1 amide bonds. The summed E-state index contributed by atoms with van der Waals surface area (Å²) in [4.78, 5) is 12.6. The van der Waals surface area contributed by atoms with Gasteiger partial charge in [-0.05, 0) is 35.7 Å². The number of rotatable bonds is 7. The van der Waals surface area contributed by atoms with Gasteiger partial charge in [-0.1, -0.05) is 43.6 Å². The number of hydrogen-bond acceptors (Lipinski definition) is 5. The molecule has 7 nitrogen and oxygen atoms in total. The molecule has 1 aliphatic rings. The molecular weight excluding hydrogens is 428 g/mol. The van der Waals surface area contributed by atoms with Crippen molar-refractivity contribution in [1.82, 2.24) is 5.32 Å². The van der Waals surface area contributed by atoms with Crippen LogP contribution in [0.1, 0.15) is 25.3 Å². The molecule has 0 saturated heterocycles. The second kappa shape index (κ2) is 9.14. The van der Waals surface area contributed by atoms with Gasteiger partial charge >= 0.3 is 0 Å². The lowest BCUT2D eigenvalue weighted by Crippen LogP contribution is -2.51. The average molecular weight is 453 g/mol. The lowest BCUT2D eigenvalue weighted by molar-refractivity contribution is -0.127. The molecule has 162 valence electrons. The summed E-state index contributed by atoms with van der Waals surface area (Å²) in [5.41, 5.74) is 1.42. The van der Waals surface area contributed by atoms with Gasteiger partial charge in [-0.25, -0.2) is 8.42 Å². The number of benzene rings is 2. The third kappa shape index (κ3) is 5.17. The fourth-order valence-electron chi connectivity index (χ4n) is 3.21. The second-order valence-corrected chi connectivity index (χ2v) is 9.69. The number of halogens is 1. The van der Waals surface area contributed by atoms with Crippen LogP contribution in [0.4, 0.5) is 5.69 Å². The monoisotopic (exact) mass is 452 g/mol. The van der Waals surface area contributed by atoms with Gasteiger partial charge in [0.15, 0.2) is 6.10 Å². The molecule has 0 unspecified atom stereocenters. The van der Waals surface area contributed by atoms with E-state index in [1.165, 1.54) is 6.07 Å². The molecule has 30 heavy (non-hydrogen) atoms. The lowest BCUT2D eigenvalue weighted by atomic mass is 10.0. The number of carbonyl (C=O) groups is 1. The molecular formula is C21H25ClN2O5S. The molecule has 9 heteroatoms. The number of nitrogens with one attached hydrogen (secondary N) is 1. The largest absolute Gasteiger partial charge is 0.491 e. The van der Waals surface area contributed by atoms with E-state index in [1.807, 2.05) is 24.3 Å². The highest BCUT2D eigenvalue weighted by molar-refractivity contribution is 7.92. The minimum Gasteiger partial charge on any atom is -0.491 e. The van der Waals surface area contributed by atoms with Crippen LogP contribution in [0.15, 0.2) is 42.5 Å². The Morgan fingerprint density at radius 1 is 1.30 bits per heavy atom. The number of anilines is 1. The Labute approximate surface area is 182 Å². The molecule has 2 aromatic carbocycles. The molecule has 0 saturated carbocycles. The number of amides is 1. The summed E-state index contributed by atoms with van der Waals surface area (Å²) in [7, 11) is -3.61. The zero-order valence-electron chi connectivity index (χ0n) is 17.1. The third-order valence-electron chi connectivity index (χ3n) is 4.68. The normalized spacial score (nSPS) is 16.0. The van der Waals surface area contributed by atoms with Gasteiger partial charge in [-0.15, -0.1) is 0 Å². The zero-order valence-corrected chi connectivity index (χ0v) is 18.7. The molecule has 0 aromatic heterocycles. The van der Waals surface area contributed by atoms with E-state index in [0.717, 1.165) is 21.9 Å². The molecule has 0 spiro atoms. The highest BCUT2D eigenvalue weighted by atomic mass is 35.5. The van der Waals surface area contributed by atoms with E-state index in [-0.39, 0.29) is 19.7 Å². The van der Waals surface area contributed by atoms with E-state index in [4.69, 9.17) is 21.1 Å². The van der Waals surface area contributed by atoms with E-state index in [0.29, 0.717) is 22.4 Å². The molecule has 1 aliphatic heterocycles. The third-order valence-corrected chi connectivity index (χ3v) is 6.06. The van der Waals surface area contributed by atoms with Crippen LogP contribution in [0.5, 0.6) is 11.5 Å². The number of ether oxygens (including phenoxy) is 2. The summed E-state index contributed by atoms with van der Waals surface area (Å²) in [5, 5.41) is 3.13. The van der Waals surface area contributed by atoms with Crippen molar-refractivity contribution >= 4 is 33.2 Å². The fourth-order valence-corrected chi connectivity index (χ4v) is 4.29. The Kier molecular flexibility index (Phi) is 6.77. The van der Waals surface area contributed by atoms with Gasteiger partial charge in [-0.3, -0.25) is 9.10 Å². The Morgan fingerprint density at radius 2 is 2.03 bits per heavy atom. The average Bonchev–Trinajstić information content (AvgIpc) is 2.69. The summed E-state index contributed by atoms with van der Waals surface area (Å²) in [6.07, 6.45) is 0.106. The Morgan fingerprint density at radius 3 is 2.73 bits per heavy atom. The number of sulfonamides is 1. The molecule has 3 rings (SSSR count). The molecule has 1 heterocycles. The van der Waals surface area contributed by atoms with Crippen LogP contribution in [-0.4, -0.2) is 46.4 Å². The summed E-state index contributed by atoms with van der Waals surface area (Å²) in [5.74, 6) is 0.982. The van der Waals surface area contributed by atoms with Crippen molar-refractivity contribution in [2.75, 3.05) is 30.3 Å². The first-order valence-electron chi connectivity index (χ1n) is 9.60. The minimum absolute atomic E-state index is 0.130. The van der Waals surface area contributed by atoms with Gasteiger partial charge in [-0.2, -0.15) is 0 Å². The van der Waals surface area contributed by atoms with Crippen LogP contribution in [0.25, 0.3) is 0 Å². The van der Waals surface area contributed by atoms with Crippen LogP contribution < -0.4 is 19.1 Å². The topological polar surface area (TPSA) is 84.9 Å². The predicted octanol–water partition coefficient (Wildman–Crippen LogP) is 3.19. The number of para-hydroxylation sites is 1. The zero-order chi connectivity index (χ0) is 21.9. The van der Waals surface area contributed by atoms with Crippen molar-refractivity contribution in [3.8, 4) is 11.5 Å². The Bertz CT molecular complexity index is 1030. The Balaban J connectivity index is 1.62. The van der Waals surface area contributed by atoms with Gasteiger partial charge in [0.25, 0.3) is 5.91 Å². The highest BCUT2D eigenvalue weighted by Crippen LogP contribution is 2.37. The molecule has 0 bridgehead atoms. The molecule has 1 N–H and O–H groups in total. The van der Waals surface area contributed by atoms with Crippen LogP contribution in [0.3, 0.4) is 0 Å². The standard InChI is InChI=1S/C21H25ClN2O5S/c1-14(2)16-6-4-5-7-18(16)28-11-10-23-21(25)20-13-24(30(3,26)27)17-12-15(22)8-9-19(17)29-20/h4-9,12,14,20H,10-11,13H2,1-3H3,(H,23,25)/t20-/m1/s1. The van der Waals surface area contributed by atoms with Gasteiger partial charge in [0, 0.05) is 5.02 Å². The van der Waals surface area contributed by atoms with Crippen molar-refractivity contribution in [3.63, 3.8) is 0 Å². The van der Waals surface area contributed by atoms with Crippen LogP contribution in [-0.2, 0) is 14.8 Å². The van der Waals surface area contributed by atoms with E-state index in [9.17, 15) is 13.2 Å². The molecule has 0 fully saturated rings. The van der Waals surface area contributed by atoms with E-state index < -0.39 is 22.0 Å². The van der Waals surface area contributed by atoms with Crippen molar-refractivity contribution in [3.05, 3.63) is 53.1 Å². The lowest BCUT2D eigenvalue weighted by Gasteiger charge is -2.34. The van der Waals surface area contributed by atoms with Crippen LogP contribution in [0.2, 0.25) is 5.02 Å². The number of carbonyl (C=O) groups excluding carboxylic acids is 1. The SMILES string of the molecule is CC(C)c1ccccc1OCCNC(=O)[C@H]1CN(S(C)(=O)=O)c2cc(Cl)ccc2O1. The van der Waals surface area contributed by atoms with Gasteiger partial charge < -0.3 is 14.8 Å². The maximum atomic E-state index is 12.6. The predicted molar refractivity (Wildman–Crippen MR) is 117 cm³/mol. The van der Waals surface area contributed by atoms with Gasteiger partial charge in [0.05, 0.1) is 25.0 Å². The summed E-state index contributed by atoms with van der Waals surface area (Å²) < 4.78 is 37.1. The number of nitrogens with zero attached hydrogens (tertiary/aromatic N) is 1. The first kappa shape index (κ1) is 22.2. The molecule has 1 atom stereocenters. The van der Waals surface area contributed by atoms with Gasteiger partial charge in [0.1, 0.15) is 18.1 Å². The van der Waals surface area contributed by atoms with Crippen LogP contribution in [0, 0.1) is 0 Å². The fraction of sp³-hybridized carbons (Fsp3) is 0.381. The van der Waals surface area contributed by atoms with Crippen molar-refractivity contribution in [1.29, 1.82) is 0 Å². The van der Waals surface area contributed by atoms with Crippen molar-refractivity contribution in [2.24, 2.45) is 0 Å². The quantitative estimate of drug-likeness (QED) is 0.652. The van der Waals surface area contributed by atoms with Crippen molar-refractivity contribution in [2.45, 2.75) is 25.9 Å².